The minimum atomic E-state index is -1.33. The summed E-state index contributed by atoms with van der Waals surface area (Å²) in [5, 5.41) is 7.19. The number of carboxylic acid groups (broad SMARTS) is 1. The molecule has 9 heavy (non-hydrogen) atoms. The van der Waals surface area contributed by atoms with Crippen LogP contribution in [-0.4, -0.2) is 11.2 Å². The van der Waals surface area contributed by atoms with Crippen molar-refractivity contribution >= 4 is 6.09 Å². The maximum atomic E-state index is 8.78. The molecule has 0 rings (SSSR count). The van der Waals surface area contributed by atoms with E-state index >= 15 is 0 Å². The maximum absolute atomic E-state index is 8.78. The van der Waals surface area contributed by atoms with E-state index in [2.05, 4.69) is 5.73 Å². The van der Waals surface area contributed by atoms with Crippen LogP contribution in [0.5, 0.6) is 0 Å². The number of amides is 1. The Hall–Kier alpha value is -1.19. The van der Waals surface area contributed by atoms with Crippen LogP contribution in [0.2, 0.25) is 0 Å². The van der Waals surface area contributed by atoms with E-state index in [1.54, 1.807) is 6.20 Å². The highest BCUT2D eigenvalue weighted by molar-refractivity contribution is 5.61. The lowest BCUT2D eigenvalue weighted by Crippen LogP contribution is -2.03. The molecule has 4 heteroatoms. The van der Waals surface area contributed by atoms with E-state index in [-0.39, 0.29) is 0 Å². The van der Waals surface area contributed by atoms with Crippen LogP contribution in [0, 0.1) is 0 Å². The number of nitrogens with two attached hydrogens (primary N) is 2. The molecule has 5 N–H and O–H groups in total. The van der Waals surface area contributed by atoms with Gasteiger partial charge in [0.25, 0.3) is 0 Å². The summed E-state index contributed by atoms with van der Waals surface area (Å²) in [5.74, 6) is 0. The molecule has 0 aliphatic rings. The molecule has 0 radical (unpaired) electrons. The third-order valence-electron chi connectivity index (χ3n) is 0.333. The van der Waals surface area contributed by atoms with E-state index in [0.717, 1.165) is 5.57 Å². The standard InChI is InChI=1S/C4H9N.CH3NO2/c1-4(2)3-5;2-1(3)4/h3H,5H2,1-2H3;2H2,(H,3,4). The number of hydrogen-bond acceptors (Lipinski definition) is 2. The van der Waals surface area contributed by atoms with Crippen LogP contribution in [0.4, 0.5) is 4.79 Å². The fraction of sp³-hybridized carbons (Fsp3) is 0.400. The number of hydrogen-bond donors (Lipinski definition) is 3. The van der Waals surface area contributed by atoms with Gasteiger partial charge in [-0.1, -0.05) is 5.57 Å². The molecule has 4 nitrogen and oxygen atoms in total. The van der Waals surface area contributed by atoms with Crippen LogP contribution in [-0.2, 0) is 0 Å². The molecule has 0 bridgehead atoms. The zero-order valence-corrected chi connectivity index (χ0v) is 5.59. The predicted octanol–water partition coefficient (Wildman–Crippen LogP) is 0.492. The minimum absolute atomic E-state index is 1.16. The minimum Gasteiger partial charge on any atom is -0.465 e. The highest BCUT2D eigenvalue weighted by Gasteiger charge is 1.65. The Labute approximate surface area is 54.2 Å². The summed E-state index contributed by atoms with van der Waals surface area (Å²) >= 11 is 0. The van der Waals surface area contributed by atoms with Gasteiger partial charge in [0.05, 0.1) is 0 Å². The molecule has 1 amide bonds. The summed E-state index contributed by atoms with van der Waals surface area (Å²) < 4.78 is 0. The topological polar surface area (TPSA) is 89.3 Å². The Bertz CT molecular complexity index is 102. The highest BCUT2D eigenvalue weighted by Crippen LogP contribution is 1.78. The van der Waals surface area contributed by atoms with E-state index in [1.165, 1.54) is 0 Å². The second kappa shape index (κ2) is 6.81. The zero-order chi connectivity index (χ0) is 7.86. The lowest BCUT2D eigenvalue weighted by atomic mass is 10.4. The van der Waals surface area contributed by atoms with Crippen LogP contribution in [0.3, 0.4) is 0 Å². The van der Waals surface area contributed by atoms with Crippen LogP contribution < -0.4 is 11.5 Å². The van der Waals surface area contributed by atoms with Crippen molar-refractivity contribution in [1.29, 1.82) is 0 Å². The first-order valence-electron chi connectivity index (χ1n) is 2.34. The molecular weight excluding hydrogens is 120 g/mol. The first-order valence-corrected chi connectivity index (χ1v) is 2.34. The molecule has 0 aromatic heterocycles. The molecule has 0 aromatic rings. The molecule has 0 saturated carbocycles. The van der Waals surface area contributed by atoms with Gasteiger partial charge in [-0.05, 0) is 20.0 Å². The van der Waals surface area contributed by atoms with Crippen molar-refractivity contribution < 1.29 is 9.90 Å². The maximum Gasteiger partial charge on any atom is 0.402 e. The Balaban J connectivity index is 0. The molecule has 0 aromatic carbocycles. The van der Waals surface area contributed by atoms with Gasteiger partial charge in [-0.2, -0.15) is 0 Å². The first-order chi connectivity index (χ1) is 4.00. The van der Waals surface area contributed by atoms with Crippen molar-refractivity contribution in [3.63, 3.8) is 0 Å². The quantitative estimate of drug-likeness (QED) is 0.448. The van der Waals surface area contributed by atoms with Crippen molar-refractivity contribution in [3.05, 3.63) is 11.8 Å². The molecule has 0 unspecified atom stereocenters. The molecule has 0 aliphatic carbocycles. The average molecular weight is 132 g/mol. The largest absolute Gasteiger partial charge is 0.465 e. The monoisotopic (exact) mass is 132 g/mol. The van der Waals surface area contributed by atoms with E-state index in [0.29, 0.717) is 0 Å². The van der Waals surface area contributed by atoms with E-state index in [4.69, 9.17) is 15.6 Å². The molecule has 0 aliphatic heterocycles. The normalized spacial score (nSPS) is 6.44. The summed E-state index contributed by atoms with van der Waals surface area (Å²) in [4.78, 5) is 8.78. The zero-order valence-electron chi connectivity index (χ0n) is 5.59. The predicted molar refractivity (Wildman–Crippen MR) is 35.8 cm³/mol. The molecule has 0 spiro atoms. The second-order valence-corrected chi connectivity index (χ2v) is 1.58. The number of primary amides is 1. The first kappa shape index (κ1) is 10.7. The molecule has 54 valence electrons. The third kappa shape index (κ3) is 240. The van der Waals surface area contributed by atoms with Gasteiger partial charge >= 0.3 is 6.09 Å². The summed E-state index contributed by atoms with van der Waals surface area (Å²) in [5.41, 5.74) is 10.2. The number of rotatable bonds is 0. The van der Waals surface area contributed by atoms with Crippen LogP contribution in [0.25, 0.3) is 0 Å². The van der Waals surface area contributed by atoms with Gasteiger partial charge < -0.3 is 16.6 Å². The van der Waals surface area contributed by atoms with Gasteiger partial charge in [0.15, 0.2) is 0 Å². The molecule has 0 fully saturated rings. The van der Waals surface area contributed by atoms with Gasteiger partial charge in [-0.15, -0.1) is 0 Å². The van der Waals surface area contributed by atoms with Crippen molar-refractivity contribution in [2.24, 2.45) is 11.5 Å². The molecule has 0 atom stereocenters. The Morgan fingerprint density at radius 2 is 1.67 bits per heavy atom. The highest BCUT2D eigenvalue weighted by atomic mass is 16.4. The summed E-state index contributed by atoms with van der Waals surface area (Å²) in [6.45, 7) is 3.92. The summed E-state index contributed by atoms with van der Waals surface area (Å²) in [6.07, 6.45) is 0.250. The van der Waals surface area contributed by atoms with Gasteiger partial charge in [-0.25, -0.2) is 4.79 Å². The fourth-order valence-corrected chi connectivity index (χ4v) is 0. The molecular formula is C5H12N2O2. The lowest BCUT2D eigenvalue weighted by Gasteiger charge is -1.74. The van der Waals surface area contributed by atoms with Crippen LogP contribution >= 0.6 is 0 Å². The van der Waals surface area contributed by atoms with Gasteiger partial charge in [0.1, 0.15) is 0 Å². The Kier molecular flexibility index (Phi) is 8.12. The van der Waals surface area contributed by atoms with Gasteiger partial charge in [0, 0.05) is 0 Å². The average Bonchev–Trinajstić information content (AvgIpc) is 1.65. The van der Waals surface area contributed by atoms with Crippen LogP contribution in [0.15, 0.2) is 11.8 Å². The smallest absolute Gasteiger partial charge is 0.402 e. The van der Waals surface area contributed by atoms with E-state index in [1.807, 2.05) is 13.8 Å². The van der Waals surface area contributed by atoms with Crippen molar-refractivity contribution in [2.75, 3.05) is 0 Å². The molecule has 0 heterocycles. The van der Waals surface area contributed by atoms with Gasteiger partial charge in [0.2, 0.25) is 0 Å². The van der Waals surface area contributed by atoms with Gasteiger partial charge in [-0.3, -0.25) is 0 Å². The van der Waals surface area contributed by atoms with Crippen molar-refractivity contribution in [2.45, 2.75) is 13.8 Å². The third-order valence-corrected chi connectivity index (χ3v) is 0.333. The SMILES string of the molecule is CC(C)=CN.NC(=O)O. The van der Waals surface area contributed by atoms with E-state index < -0.39 is 6.09 Å². The van der Waals surface area contributed by atoms with Crippen molar-refractivity contribution in [3.8, 4) is 0 Å². The summed E-state index contributed by atoms with van der Waals surface area (Å²) in [7, 11) is 0. The Morgan fingerprint density at radius 3 is 1.67 bits per heavy atom. The van der Waals surface area contributed by atoms with Crippen molar-refractivity contribution in [1.82, 2.24) is 0 Å². The number of carbonyl (C=O) groups is 1. The Morgan fingerprint density at radius 1 is 1.56 bits per heavy atom. The molecule has 0 saturated heterocycles. The lowest BCUT2D eigenvalue weighted by molar-refractivity contribution is 0.205. The fourth-order valence-electron chi connectivity index (χ4n) is 0. The van der Waals surface area contributed by atoms with Crippen LogP contribution in [0.1, 0.15) is 13.8 Å². The summed E-state index contributed by atoms with van der Waals surface area (Å²) in [6, 6.07) is 0. The number of allylic oxidation sites excluding steroid dienone is 1. The van der Waals surface area contributed by atoms with E-state index in [9.17, 15) is 0 Å². The second-order valence-electron chi connectivity index (χ2n) is 1.58.